The van der Waals surface area contributed by atoms with E-state index in [0.717, 1.165) is 0 Å². The Morgan fingerprint density at radius 1 is 0.739 bits per heavy atom. The van der Waals surface area contributed by atoms with Crippen molar-refractivity contribution in [3.05, 3.63) is 58.7 Å². The number of ketones is 2. The fourth-order valence-corrected chi connectivity index (χ4v) is 2.18. The summed E-state index contributed by atoms with van der Waals surface area (Å²) in [5, 5.41) is 0. The minimum Gasteiger partial charge on any atom is -0.397 e. The number of nitrogens with two attached hydrogens (primary N) is 2. The van der Waals surface area contributed by atoms with E-state index in [1.54, 1.807) is 24.3 Å². The number of hydrogen-bond acceptors (Lipinski definition) is 6. The zero-order valence-corrected chi connectivity index (χ0v) is 12.4. The molecule has 0 amide bonds. The number of carbonyl (C=O) groups excluding carboxylic acids is 2. The number of hydrogen-bond donors (Lipinski definition) is 4. The van der Waals surface area contributed by atoms with Crippen LogP contribution in [0.2, 0.25) is 0 Å². The maximum absolute atomic E-state index is 12.3. The second kappa shape index (κ2) is 5.80. The van der Waals surface area contributed by atoms with E-state index in [2.05, 4.69) is 0 Å². The van der Waals surface area contributed by atoms with Crippen molar-refractivity contribution >= 4 is 33.3 Å². The third kappa shape index (κ3) is 3.54. The van der Waals surface area contributed by atoms with Gasteiger partial charge in [-0.3, -0.25) is 18.7 Å². The first-order chi connectivity index (χ1) is 10.6. The monoisotopic (exact) mass is 336 g/mol. The van der Waals surface area contributed by atoms with Crippen LogP contribution in [-0.4, -0.2) is 29.1 Å². The van der Waals surface area contributed by atoms with E-state index in [4.69, 9.17) is 29.0 Å². The molecule has 0 saturated carbocycles. The fraction of sp³-hybridized carbons (Fsp3) is 0. The Morgan fingerprint density at radius 2 is 1.04 bits per heavy atom. The minimum atomic E-state index is -4.67. The molecule has 0 fully saturated rings. The average Bonchev–Trinajstić information content (AvgIpc) is 2.45. The van der Waals surface area contributed by atoms with Crippen molar-refractivity contribution in [3.63, 3.8) is 0 Å². The van der Waals surface area contributed by atoms with Crippen LogP contribution in [0.3, 0.4) is 0 Å². The molecule has 1 aliphatic carbocycles. The molecule has 0 heterocycles. The smallest absolute Gasteiger partial charge is 0.394 e. The van der Waals surface area contributed by atoms with Gasteiger partial charge >= 0.3 is 10.4 Å². The lowest BCUT2D eigenvalue weighted by atomic mass is 9.83. The predicted molar refractivity (Wildman–Crippen MR) is 82.8 cm³/mol. The lowest BCUT2D eigenvalue weighted by Gasteiger charge is -2.18. The van der Waals surface area contributed by atoms with Gasteiger partial charge in [-0.15, -0.1) is 0 Å². The normalized spacial score (nSPS) is 12.8. The van der Waals surface area contributed by atoms with Crippen LogP contribution in [0.5, 0.6) is 0 Å². The first-order valence-corrected chi connectivity index (χ1v) is 7.56. The molecule has 0 atom stereocenters. The molecule has 0 saturated heterocycles. The molecule has 3 rings (SSSR count). The van der Waals surface area contributed by atoms with Crippen molar-refractivity contribution in [2.24, 2.45) is 0 Å². The average molecular weight is 336 g/mol. The molecule has 0 bridgehead atoms. The standard InChI is InChI=1S/C14H10N2O2.H2O4S/c15-11-5-9-10(6-12(11)16)14(18)8-4-2-1-3-7(8)13(9)17;1-5(2,3)4/h1-6H,15-16H2;(H2,1,2,3,4). The van der Waals surface area contributed by atoms with E-state index in [-0.39, 0.29) is 11.6 Å². The summed E-state index contributed by atoms with van der Waals surface area (Å²) in [5.41, 5.74) is 13.5. The highest BCUT2D eigenvalue weighted by Crippen LogP contribution is 2.31. The van der Waals surface area contributed by atoms with Gasteiger partial charge in [0.05, 0.1) is 11.4 Å². The number of nitrogen functional groups attached to an aromatic ring is 2. The first kappa shape index (κ1) is 16.6. The molecule has 0 radical (unpaired) electrons. The molecule has 0 aromatic heterocycles. The van der Waals surface area contributed by atoms with Gasteiger partial charge in [-0.1, -0.05) is 24.3 Å². The molecule has 2 aromatic carbocycles. The van der Waals surface area contributed by atoms with E-state index < -0.39 is 10.4 Å². The van der Waals surface area contributed by atoms with Crippen molar-refractivity contribution in [3.8, 4) is 0 Å². The maximum Gasteiger partial charge on any atom is 0.394 e. The highest BCUT2D eigenvalue weighted by molar-refractivity contribution is 7.79. The summed E-state index contributed by atoms with van der Waals surface area (Å²) >= 11 is 0. The van der Waals surface area contributed by atoms with Gasteiger partial charge in [-0.25, -0.2) is 0 Å². The van der Waals surface area contributed by atoms with Crippen LogP contribution in [0.1, 0.15) is 31.8 Å². The quantitative estimate of drug-likeness (QED) is 0.349. The summed E-state index contributed by atoms with van der Waals surface area (Å²) in [5.74, 6) is -0.376. The lowest BCUT2D eigenvalue weighted by molar-refractivity contribution is 0.0979. The topological polar surface area (TPSA) is 161 Å². The molecule has 8 nitrogen and oxygen atoms in total. The Labute approximate surface area is 131 Å². The van der Waals surface area contributed by atoms with E-state index >= 15 is 0 Å². The largest absolute Gasteiger partial charge is 0.397 e. The number of carbonyl (C=O) groups is 2. The molecular weight excluding hydrogens is 324 g/mol. The SMILES string of the molecule is Nc1cc2c(cc1N)C(=O)c1ccccc1C2=O.O=S(=O)(O)O. The van der Waals surface area contributed by atoms with Gasteiger partial charge in [0, 0.05) is 22.3 Å². The van der Waals surface area contributed by atoms with Crippen molar-refractivity contribution in [2.45, 2.75) is 0 Å². The highest BCUT2D eigenvalue weighted by Gasteiger charge is 2.29. The summed E-state index contributed by atoms with van der Waals surface area (Å²) in [6.07, 6.45) is 0. The lowest BCUT2D eigenvalue weighted by Crippen LogP contribution is -2.21. The first-order valence-electron chi connectivity index (χ1n) is 6.17. The van der Waals surface area contributed by atoms with Crippen molar-refractivity contribution in [1.29, 1.82) is 0 Å². The molecular formula is C14H12N2O6S. The highest BCUT2D eigenvalue weighted by atomic mass is 32.3. The Hall–Kier alpha value is -2.75. The molecule has 6 N–H and O–H groups in total. The van der Waals surface area contributed by atoms with Gasteiger partial charge < -0.3 is 11.5 Å². The number of fused-ring (bicyclic) bond motifs is 2. The Morgan fingerprint density at radius 3 is 1.35 bits per heavy atom. The van der Waals surface area contributed by atoms with Crippen LogP contribution in [0, 0.1) is 0 Å². The minimum absolute atomic E-state index is 0.188. The summed E-state index contributed by atoms with van der Waals surface area (Å²) < 4.78 is 31.6. The number of rotatable bonds is 0. The van der Waals surface area contributed by atoms with Gasteiger partial charge in [0.25, 0.3) is 0 Å². The second-order valence-corrected chi connectivity index (χ2v) is 5.57. The van der Waals surface area contributed by atoms with Gasteiger partial charge in [0.15, 0.2) is 11.6 Å². The Kier molecular flexibility index (Phi) is 4.19. The Bertz CT molecular complexity index is 853. The van der Waals surface area contributed by atoms with Crippen molar-refractivity contribution < 1.29 is 27.1 Å². The molecule has 1 aliphatic rings. The van der Waals surface area contributed by atoms with Crippen LogP contribution < -0.4 is 11.5 Å². The van der Waals surface area contributed by atoms with E-state index in [0.29, 0.717) is 33.6 Å². The molecule has 120 valence electrons. The van der Waals surface area contributed by atoms with Gasteiger partial charge in [-0.2, -0.15) is 8.42 Å². The van der Waals surface area contributed by atoms with Crippen LogP contribution >= 0.6 is 0 Å². The molecule has 23 heavy (non-hydrogen) atoms. The summed E-state index contributed by atoms with van der Waals surface area (Å²) in [4.78, 5) is 24.5. The van der Waals surface area contributed by atoms with Gasteiger partial charge in [0.2, 0.25) is 0 Å². The van der Waals surface area contributed by atoms with Crippen LogP contribution in [0.4, 0.5) is 11.4 Å². The van der Waals surface area contributed by atoms with Crippen LogP contribution in [0.25, 0.3) is 0 Å². The third-order valence-electron chi connectivity index (χ3n) is 3.13. The molecule has 0 unspecified atom stereocenters. The van der Waals surface area contributed by atoms with E-state index in [1.165, 1.54) is 12.1 Å². The molecule has 0 aliphatic heterocycles. The second-order valence-electron chi connectivity index (χ2n) is 4.68. The predicted octanol–water partition coefficient (Wildman–Crippen LogP) is 0.974. The maximum atomic E-state index is 12.3. The van der Waals surface area contributed by atoms with Crippen LogP contribution in [0.15, 0.2) is 36.4 Å². The summed E-state index contributed by atoms with van der Waals surface area (Å²) in [7, 11) is -4.67. The van der Waals surface area contributed by atoms with E-state index in [1.807, 2.05) is 0 Å². The molecule has 2 aromatic rings. The summed E-state index contributed by atoms with van der Waals surface area (Å²) in [6, 6.07) is 9.70. The zero-order valence-electron chi connectivity index (χ0n) is 11.6. The Balaban J connectivity index is 0.000000338. The van der Waals surface area contributed by atoms with Crippen molar-refractivity contribution in [1.82, 2.24) is 0 Å². The van der Waals surface area contributed by atoms with Crippen LogP contribution in [-0.2, 0) is 10.4 Å². The van der Waals surface area contributed by atoms with Gasteiger partial charge in [-0.05, 0) is 12.1 Å². The van der Waals surface area contributed by atoms with Gasteiger partial charge in [0.1, 0.15) is 0 Å². The van der Waals surface area contributed by atoms with Crippen molar-refractivity contribution in [2.75, 3.05) is 11.5 Å². The summed E-state index contributed by atoms with van der Waals surface area (Å²) in [6.45, 7) is 0. The molecule has 9 heteroatoms. The zero-order chi connectivity index (χ0) is 17.4. The molecule has 0 spiro atoms. The number of anilines is 2. The fourth-order valence-electron chi connectivity index (χ4n) is 2.18. The third-order valence-corrected chi connectivity index (χ3v) is 3.13. The number of benzene rings is 2. The van der Waals surface area contributed by atoms with E-state index in [9.17, 15) is 9.59 Å².